The minimum absolute atomic E-state index is 0.0235. The molecular formula is C27H29F3N6O2. The quantitative estimate of drug-likeness (QED) is 0.507. The van der Waals surface area contributed by atoms with Crippen LogP contribution in [0.1, 0.15) is 47.1 Å². The molecule has 2 aromatic carbocycles. The van der Waals surface area contributed by atoms with Crippen LogP contribution in [0, 0.1) is 0 Å². The number of halogens is 3. The maximum atomic E-state index is 13.2. The number of hydrogen-bond acceptors (Lipinski definition) is 6. The molecule has 1 atom stereocenters. The first-order valence-electron chi connectivity index (χ1n) is 12.2. The lowest BCUT2D eigenvalue weighted by Gasteiger charge is -2.34. The van der Waals surface area contributed by atoms with Crippen LogP contribution in [0.2, 0.25) is 0 Å². The fourth-order valence-electron chi connectivity index (χ4n) is 4.35. The molecule has 0 unspecified atom stereocenters. The number of nitrogens with zero attached hydrogens (tertiary/aromatic N) is 4. The Morgan fingerprint density at radius 3 is 2.34 bits per heavy atom. The van der Waals surface area contributed by atoms with Crippen molar-refractivity contribution in [3.63, 3.8) is 0 Å². The van der Waals surface area contributed by atoms with Crippen LogP contribution < -0.4 is 16.0 Å². The lowest BCUT2D eigenvalue weighted by atomic mass is 9.95. The third kappa shape index (κ3) is 6.10. The molecule has 2 amide bonds. The van der Waals surface area contributed by atoms with Crippen LogP contribution in [0.5, 0.6) is 0 Å². The second-order valence-corrected chi connectivity index (χ2v) is 9.13. The van der Waals surface area contributed by atoms with Gasteiger partial charge in [0.1, 0.15) is 5.69 Å². The number of rotatable bonds is 6. The van der Waals surface area contributed by atoms with Crippen LogP contribution in [0.15, 0.2) is 54.7 Å². The average molecular weight is 527 g/mol. The Hall–Kier alpha value is -3.99. The minimum Gasteiger partial charge on any atom is -0.344 e. The van der Waals surface area contributed by atoms with E-state index in [-0.39, 0.29) is 30.1 Å². The van der Waals surface area contributed by atoms with Crippen molar-refractivity contribution >= 4 is 17.8 Å². The Bertz CT molecular complexity index is 1300. The lowest BCUT2D eigenvalue weighted by Crippen LogP contribution is -2.48. The monoisotopic (exact) mass is 526 g/mol. The fraction of sp³-hybridized carbons (Fsp3) is 0.333. The molecule has 38 heavy (non-hydrogen) atoms. The molecule has 1 fully saturated rings. The van der Waals surface area contributed by atoms with Crippen LogP contribution in [0.4, 0.5) is 19.1 Å². The van der Waals surface area contributed by atoms with Gasteiger partial charge < -0.3 is 20.9 Å². The van der Waals surface area contributed by atoms with Crippen LogP contribution in [-0.4, -0.2) is 52.9 Å². The van der Waals surface area contributed by atoms with Gasteiger partial charge in [0.25, 0.3) is 5.91 Å². The SMILES string of the molecule is CC(=O)N1CCN(c2nccc(C(=O)N[C@H](C)c3ccc(-c4cc(C(F)(F)F)ccc4CN)cc3)n2)CC1. The molecule has 3 aromatic rings. The van der Waals surface area contributed by atoms with Crippen molar-refractivity contribution in [3.05, 3.63) is 77.1 Å². The Labute approximate surface area is 218 Å². The molecule has 0 saturated carbocycles. The second-order valence-electron chi connectivity index (χ2n) is 9.13. The predicted molar refractivity (Wildman–Crippen MR) is 137 cm³/mol. The van der Waals surface area contributed by atoms with E-state index in [1.54, 1.807) is 29.2 Å². The summed E-state index contributed by atoms with van der Waals surface area (Å²) in [5.74, 6) is 0.0703. The van der Waals surface area contributed by atoms with E-state index in [0.717, 1.165) is 17.7 Å². The average Bonchev–Trinajstić information content (AvgIpc) is 2.92. The molecule has 0 radical (unpaired) electrons. The van der Waals surface area contributed by atoms with E-state index >= 15 is 0 Å². The molecule has 1 aliphatic heterocycles. The Morgan fingerprint density at radius 2 is 1.74 bits per heavy atom. The summed E-state index contributed by atoms with van der Waals surface area (Å²) in [6.45, 7) is 5.73. The van der Waals surface area contributed by atoms with Crippen molar-refractivity contribution < 1.29 is 22.8 Å². The van der Waals surface area contributed by atoms with E-state index in [1.807, 2.05) is 11.8 Å². The van der Waals surface area contributed by atoms with Crippen LogP contribution in [-0.2, 0) is 17.5 Å². The molecule has 0 spiro atoms. The fourth-order valence-corrected chi connectivity index (χ4v) is 4.35. The maximum absolute atomic E-state index is 13.2. The summed E-state index contributed by atoms with van der Waals surface area (Å²) < 4.78 is 39.7. The molecule has 1 saturated heterocycles. The molecule has 3 N–H and O–H groups in total. The van der Waals surface area contributed by atoms with Crippen molar-refractivity contribution in [2.24, 2.45) is 5.73 Å². The summed E-state index contributed by atoms with van der Waals surface area (Å²) in [7, 11) is 0. The van der Waals surface area contributed by atoms with E-state index in [2.05, 4.69) is 15.3 Å². The largest absolute Gasteiger partial charge is 0.416 e. The zero-order chi connectivity index (χ0) is 27.4. The van der Waals surface area contributed by atoms with E-state index < -0.39 is 11.7 Å². The van der Waals surface area contributed by atoms with Gasteiger partial charge in [-0.15, -0.1) is 0 Å². The standard InChI is InChI=1S/C27H29F3N6O2/c1-17(19-3-5-20(6-4-19)23-15-22(27(28,29)30)8-7-21(23)16-31)33-25(38)24-9-10-32-26(34-24)36-13-11-35(12-14-36)18(2)37/h3-10,15,17H,11-14,16,31H2,1-2H3,(H,33,38)/t17-/m1/s1. The number of carbonyl (C=O) groups excluding carboxylic acids is 2. The van der Waals surface area contributed by atoms with Gasteiger partial charge in [-0.1, -0.05) is 30.3 Å². The third-order valence-electron chi connectivity index (χ3n) is 6.61. The molecule has 1 aromatic heterocycles. The first-order chi connectivity index (χ1) is 18.1. The lowest BCUT2D eigenvalue weighted by molar-refractivity contribution is -0.137. The molecule has 0 aliphatic carbocycles. The van der Waals surface area contributed by atoms with Crippen LogP contribution in [0.3, 0.4) is 0 Å². The first kappa shape index (κ1) is 27.1. The molecule has 2 heterocycles. The molecule has 8 nitrogen and oxygen atoms in total. The highest BCUT2D eigenvalue weighted by molar-refractivity contribution is 5.92. The Balaban J connectivity index is 1.44. The number of nitrogens with one attached hydrogen (secondary N) is 1. The van der Waals surface area contributed by atoms with E-state index in [4.69, 9.17) is 5.73 Å². The van der Waals surface area contributed by atoms with Crippen molar-refractivity contribution in [1.29, 1.82) is 0 Å². The normalized spacial score (nSPS) is 14.8. The minimum atomic E-state index is -4.45. The Kier molecular flexibility index (Phi) is 7.96. The van der Waals surface area contributed by atoms with Gasteiger partial charge >= 0.3 is 6.18 Å². The van der Waals surface area contributed by atoms with Gasteiger partial charge in [-0.25, -0.2) is 9.97 Å². The number of anilines is 1. The molecule has 1 aliphatic rings. The zero-order valence-electron chi connectivity index (χ0n) is 21.1. The van der Waals surface area contributed by atoms with Gasteiger partial charge in [-0.05, 0) is 47.4 Å². The summed E-state index contributed by atoms with van der Waals surface area (Å²) >= 11 is 0. The number of piperazine rings is 1. The number of nitrogens with two attached hydrogens (primary N) is 1. The highest BCUT2D eigenvalue weighted by Gasteiger charge is 2.31. The summed E-state index contributed by atoms with van der Waals surface area (Å²) in [5.41, 5.74) is 7.63. The van der Waals surface area contributed by atoms with E-state index in [9.17, 15) is 22.8 Å². The summed E-state index contributed by atoms with van der Waals surface area (Å²) in [6, 6.07) is 11.6. The first-order valence-corrected chi connectivity index (χ1v) is 12.2. The van der Waals surface area contributed by atoms with Crippen molar-refractivity contribution in [1.82, 2.24) is 20.2 Å². The number of alkyl halides is 3. The van der Waals surface area contributed by atoms with Crippen LogP contribution in [0.25, 0.3) is 11.1 Å². The summed E-state index contributed by atoms with van der Waals surface area (Å²) in [6.07, 6.45) is -2.93. The number of amides is 2. The summed E-state index contributed by atoms with van der Waals surface area (Å²) in [4.78, 5) is 36.8. The van der Waals surface area contributed by atoms with Crippen molar-refractivity contribution in [2.45, 2.75) is 32.6 Å². The van der Waals surface area contributed by atoms with Crippen molar-refractivity contribution in [3.8, 4) is 11.1 Å². The molecule has 4 rings (SSSR count). The van der Waals surface area contributed by atoms with E-state index in [0.29, 0.717) is 48.8 Å². The van der Waals surface area contributed by atoms with Gasteiger partial charge in [0.05, 0.1) is 11.6 Å². The van der Waals surface area contributed by atoms with Crippen molar-refractivity contribution in [2.75, 3.05) is 31.1 Å². The van der Waals surface area contributed by atoms with Gasteiger partial charge in [0, 0.05) is 45.8 Å². The van der Waals surface area contributed by atoms with Gasteiger partial charge in [-0.2, -0.15) is 13.2 Å². The molecule has 200 valence electrons. The maximum Gasteiger partial charge on any atom is 0.416 e. The molecule has 0 bridgehead atoms. The second kappa shape index (κ2) is 11.2. The number of hydrogen-bond donors (Lipinski definition) is 2. The smallest absolute Gasteiger partial charge is 0.344 e. The number of carbonyl (C=O) groups is 2. The topological polar surface area (TPSA) is 104 Å². The van der Waals surface area contributed by atoms with Crippen LogP contribution >= 0.6 is 0 Å². The van der Waals surface area contributed by atoms with Gasteiger partial charge in [0.2, 0.25) is 11.9 Å². The zero-order valence-corrected chi connectivity index (χ0v) is 21.1. The molecule has 11 heteroatoms. The number of benzene rings is 2. The highest BCUT2D eigenvalue weighted by atomic mass is 19.4. The van der Waals surface area contributed by atoms with E-state index in [1.165, 1.54) is 25.3 Å². The summed E-state index contributed by atoms with van der Waals surface area (Å²) in [5, 5.41) is 2.91. The molecular weight excluding hydrogens is 497 g/mol. The Morgan fingerprint density at radius 1 is 1.05 bits per heavy atom. The highest BCUT2D eigenvalue weighted by Crippen LogP contribution is 2.34. The number of aromatic nitrogens is 2. The van der Waals surface area contributed by atoms with Gasteiger partial charge in [0.15, 0.2) is 0 Å². The predicted octanol–water partition coefficient (Wildman–Crippen LogP) is 3.78. The van der Waals surface area contributed by atoms with Gasteiger partial charge in [-0.3, -0.25) is 9.59 Å². The third-order valence-corrected chi connectivity index (χ3v) is 6.61.